The first-order valence-corrected chi connectivity index (χ1v) is 6.62. The average molecular weight is 307 g/mol. The standard InChI is InChI=1S/C14H20F3NO3/c1-4-18-10(2)12-6-5-11(19-3)9-13(12)20-7-8-21-14(15,16)17/h5-6,9-10,18H,4,7-8H2,1-3H3. The van der Waals surface area contributed by atoms with Gasteiger partial charge in [-0.3, -0.25) is 4.74 Å². The molecule has 0 aliphatic rings. The first-order valence-electron chi connectivity index (χ1n) is 6.62. The van der Waals surface area contributed by atoms with Crippen LogP contribution in [0.2, 0.25) is 0 Å². The molecule has 0 spiro atoms. The molecular weight excluding hydrogens is 287 g/mol. The molecule has 0 aliphatic carbocycles. The highest BCUT2D eigenvalue weighted by atomic mass is 19.4. The molecule has 21 heavy (non-hydrogen) atoms. The van der Waals surface area contributed by atoms with Crippen LogP contribution in [0.1, 0.15) is 25.5 Å². The number of halogens is 3. The van der Waals surface area contributed by atoms with Gasteiger partial charge in [0.1, 0.15) is 18.1 Å². The number of alkyl halides is 3. The molecule has 0 amide bonds. The summed E-state index contributed by atoms with van der Waals surface area (Å²) in [6.45, 7) is 3.93. The second-order valence-electron chi connectivity index (χ2n) is 4.33. The van der Waals surface area contributed by atoms with Crippen molar-refractivity contribution in [2.24, 2.45) is 0 Å². The van der Waals surface area contributed by atoms with E-state index in [0.29, 0.717) is 11.5 Å². The number of benzene rings is 1. The Morgan fingerprint density at radius 1 is 1.24 bits per heavy atom. The summed E-state index contributed by atoms with van der Waals surface area (Å²) in [7, 11) is 1.51. The Kier molecular flexibility index (Phi) is 6.77. The van der Waals surface area contributed by atoms with Gasteiger partial charge in [-0.2, -0.15) is 0 Å². The summed E-state index contributed by atoms with van der Waals surface area (Å²) in [6, 6.07) is 5.27. The zero-order valence-electron chi connectivity index (χ0n) is 12.3. The van der Waals surface area contributed by atoms with Crippen molar-refractivity contribution in [3.8, 4) is 11.5 Å². The van der Waals surface area contributed by atoms with Crippen molar-refractivity contribution in [3.05, 3.63) is 23.8 Å². The third-order valence-corrected chi connectivity index (χ3v) is 2.80. The monoisotopic (exact) mass is 307 g/mol. The molecule has 0 heterocycles. The molecular formula is C14H20F3NO3. The summed E-state index contributed by atoms with van der Waals surface area (Å²) in [5.74, 6) is 1.06. The highest BCUT2D eigenvalue weighted by molar-refractivity contribution is 5.42. The summed E-state index contributed by atoms with van der Waals surface area (Å²) in [6.07, 6.45) is -4.64. The van der Waals surface area contributed by atoms with Gasteiger partial charge in [0.15, 0.2) is 0 Å². The molecule has 0 fully saturated rings. The number of hydrogen-bond acceptors (Lipinski definition) is 4. The van der Waals surface area contributed by atoms with Crippen LogP contribution in [-0.2, 0) is 4.74 Å². The van der Waals surface area contributed by atoms with Gasteiger partial charge in [-0.05, 0) is 19.5 Å². The Balaban J connectivity index is 2.72. The highest BCUT2D eigenvalue weighted by Crippen LogP contribution is 2.29. The van der Waals surface area contributed by atoms with E-state index >= 15 is 0 Å². The lowest BCUT2D eigenvalue weighted by Crippen LogP contribution is -2.20. The number of rotatable bonds is 8. The molecule has 1 unspecified atom stereocenters. The summed E-state index contributed by atoms with van der Waals surface area (Å²) in [5, 5.41) is 3.22. The lowest BCUT2D eigenvalue weighted by atomic mass is 10.1. The van der Waals surface area contributed by atoms with Crippen molar-refractivity contribution in [3.63, 3.8) is 0 Å². The molecule has 0 aliphatic heterocycles. The minimum absolute atomic E-state index is 0.0134. The van der Waals surface area contributed by atoms with E-state index in [-0.39, 0.29) is 12.6 Å². The van der Waals surface area contributed by atoms with Crippen molar-refractivity contribution >= 4 is 0 Å². The Morgan fingerprint density at radius 3 is 2.52 bits per heavy atom. The van der Waals surface area contributed by atoms with Gasteiger partial charge in [0.25, 0.3) is 0 Å². The van der Waals surface area contributed by atoms with Crippen LogP contribution in [0.3, 0.4) is 0 Å². The van der Waals surface area contributed by atoms with E-state index in [4.69, 9.17) is 9.47 Å². The first kappa shape index (κ1) is 17.6. The largest absolute Gasteiger partial charge is 0.522 e. The van der Waals surface area contributed by atoms with Crippen molar-refractivity contribution in [1.29, 1.82) is 0 Å². The average Bonchev–Trinajstić information content (AvgIpc) is 2.42. The molecule has 0 radical (unpaired) electrons. The van der Waals surface area contributed by atoms with Crippen LogP contribution in [0.25, 0.3) is 0 Å². The van der Waals surface area contributed by atoms with Crippen LogP contribution < -0.4 is 14.8 Å². The van der Waals surface area contributed by atoms with Crippen molar-refractivity contribution < 1.29 is 27.4 Å². The fraction of sp³-hybridized carbons (Fsp3) is 0.571. The third kappa shape index (κ3) is 6.22. The van der Waals surface area contributed by atoms with Crippen LogP contribution in [0, 0.1) is 0 Å². The minimum atomic E-state index is -4.64. The zero-order valence-corrected chi connectivity index (χ0v) is 12.3. The van der Waals surface area contributed by atoms with Crippen LogP contribution in [0.5, 0.6) is 11.5 Å². The lowest BCUT2D eigenvalue weighted by molar-refractivity contribution is -0.325. The van der Waals surface area contributed by atoms with Crippen LogP contribution in [0.15, 0.2) is 18.2 Å². The maximum Gasteiger partial charge on any atom is 0.522 e. The molecule has 120 valence electrons. The smallest absolute Gasteiger partial charge is 0.497 e. The Bertz CT molecular complexity index is 438. The first-order chi connectivity index (χ1) is 9.87. The molecule has 1 aromatic rings. The number of hydrogen-bond donors (Lipinski definition) is 1. The molecule has 0 bridgehead atoms. The number of nitrogens with one attached hydrogen (secondary N) is 1. The van der Waals surface area contributed by atoms with Crippen molar-refractivity contribution in [2.45, 2.75) is 26.3 Å². The molecule has 0 saturated carbocycles. The van der Waals surface area contributed by atoms with Crippen molar-refractivity contribution in [1.82, 2.24) is 5.32 Å². The van der Waals surface area contributed by atoms with E-state index in [9.17, 15) is 13.2 Å². The van der Waals surface area contributed by atoms with E-state index in [1.807, 2.05) is 19.9 Å². The van der Waals surface area contributed by atoms with Crippen LogP contribution in [-0.4, -0.2) is 33.2 Å². The molecule has 7 heteroatoms. The molecule has 1 aromatic carbocycles. The Hall–Kier alpha value is -1.47. The Morgan fingerprint density at radius 2 is 1.95 bits per heavy atom. The normalized spacial score (nSPS) is 13.0. The fourth-order valence-electron chi connectivity index (χ4n) is 1.85. The molecule has 1 atom stereocenters. The molecule has 0 aromatic heterocycles. The lowest BCUT2D eigenvalue weighted by Gasteiger charge is -2.18. The van der Waals surface area contributed by atoms with Gasteiger partial charge < -0.3 is 14.8 Å². The van der Waals surface area contributed by atoms with Gasteiger partial charge in [-0.1, -0.05) is 13.0 Å². The predicted octanol–water partition coefficient (Wildman–Crippen LogP) is 3.28. The van der Waals surface area contributed by atoms with Gasteiger partial charge in [0, 0.05) is 17.7 Å². The van der Waals surface area contributed by atoms with E-state index in [1.165, 1.54) is 7.11 Å². The maximum atomic E-state index is 11.9. The fourth-order valence-corrected chi connectivity index (χ4v) is 1.85. The van der Waals surface area contributed by atoms with Gasteiger partial charge in [0.05, 0.1) is 13.7 Å². The minimum Gasteiger partial charge on any atom is -0.497 e. The molecule has 0 saturated heterocycles. The maximum absolute atomic E-state index is 11.9. The van der Waals surface area contributed by atoms with Crippen LogP contribution >= 0.6 is 0 Å². The summed E-state index contributed by atoms with van der Waals surface area (Å²) < 4.78 is 49.9. The summed E-state index contributed by atoms with van der Waals surface area (Å²) >= 11 is 0. The zero-order chi connectivity index (χ0) is 15.9. The van der Waals surface area contributed by atoms with Gasteiger partial charge in [-0.15, -0.1) is 13.2 Å². The van der Waals surface area contributed by atoms with E-state index in [1.54, 1.807) is 12.1 Å². The van der Waals surface area contributed by atoms with Gasteiger partial charge in [0.2, 0.25) is 0 Å². The number of ether oxygens (including phenoxy) is 3. The summed E-state index contributed by atoms with van der Waals surface area (Å²) in [4.78, 5) is 0. The van der Waals surface area contributed by atoms with Gasteiger partial charge in [-0.25, -0.2) is 0 Å². The number of methoxy groups -OCH3 is 1. The second-order valence-corrected chi connectivity index (χ2v) is 4.33. The van der Waals surface area contributed by atoms with E-state index in [0.717, 1.165) is 12.1 Å². The van der Waals surface area contributed by atoms with Crippen LogP contribution in [0.4, 0.5) is 13.2 Å². The quantitative estimate of drug-likeness (QED) is 0.748. The second kappa shape index (κ2) is 8.09. The van der Waals surface area contributed by atoms with E-state index in [2.05, 4.69) is 10.1 Å². The molecule has 1 N–H and O–H groups in total. The summed E-state index contributed by atoms with van der Waals surface area (Å²) in [5.41, 5.74) is 0.852. The molecule has 1 rings (SSSR count). The van der Waals surface area contributed by atoms with Crippen molar-refractivity contribution in [2.75, 3.05) is 26.9 Å². The SMILES string of the molecule is CCNC(C)c1ccc(OC)cc1OCCOC(F)(F)F. The van der Waals surface area contributed by atoms with E-state index < -0.39 is 13.0 Å². The third-order valence-electron chi connectivity index (χ3n) is 2.80. The molecule has 4 nitrogen and oxygen atoms in total. The van der Waals surface area contributed by atoms with Gasteiger partial charge >= 0.3 is 6.36 Å². The highest BCUT2D eigenvalue weighted by Gasteiger charge is 2.28. The Labute approximate surface area is 122 Å². The topological polar surface area (TPSA) is 39.7 Å². The predicted molar refractivity (Wildman–Crippen MR) is 72.6 cm³/mol.